The minimum Gasteiger partial charge on any atom is -0.356 e. The summed E-state index contributed by atoms with van der Waals surface area (Å²) in [5.74, 6) is 0.413. The van der Waals surface area contributed by atoms with Crippen LogP contribution in [0.4, 0.5) is 13.2 Å². The van der Waals surface area contributed by atoms with E-state index in [2.05, 4.69) is 20.3 Å². The quantitative estimate of drug-likeness (QED) is 0.444. The van der Waals surface area contributed by atoms with Gasteiger partial charge in [0.15, 0.2) is 5.96 Å². The van der Waals surface area contributed by atoms with Crippen molar-refractivity contribution in [1.29, 1.82) is 0 Å². The lowest BCUT2D eigenvalue weighted by atomic mass is 9.96. The third kappa shape index (κ3) is 8.92. The Labute approximate surface area is 165 Å². The summed E-state index contributed by atoms with van der Waals surface area (Å²) in [5.41, 5.74) is -0.739. The maximum atomic E-state index is 12.8. The van der Waals surface area contributed by atoms with E-state index < -0.39 is 27.3 Å². The fourth-order valence-electron chi connectivity index (χ4n) is 2.66. The molecule has 0 aliphatic rings. The fraction of sp³-hybridized carbons (Fsp3) is 0.611. The van der Waals surface area contributed by atoms with Gasteiger partial charge < -0.3 is 10.6 Å². The van der Waals surface area contributed by atoms with Crippen LogP contribution in [0.1, 0.15) is 44.2 Å². The molecule has 0 radical (unpaired) electrons. The average molecular weight is 423 g/mol. The van der Waals surface area contributed by atoms with Crippen LogP contribution in [0.5, 0.6) is 0 Å². The molecule has 1 unspecified atom stereocenters. The van der Waals surface area contributed by atoms with Crippen molar-refractivity contribution >= 4 is 16.0 Å². The summed E-state index contributed by atoms with van der Waals surface area (Å²) in [6, 6.07) is 5.34. The van der Waals surface area contributed by atoms with E-state index in [0.29, 0.717) is 31.0 Å². The normalized spacial score (nSPS) is 14.6. The second kappa shape index (κ2) is 9.60. The van der Waals surface area contributed by atoms with Gasteiger partial charge in [0.05, 0.1) is 11.8 Å². The van der Waals surface area contributed by atoms with Gasteiger partial charge in [0, 0.05) is 25.7 Å². The van der Waals surface area contributed by atoms with Gasteiger partial charge in [-0.1, -0.05) is 25.1 Å². The van der Waals surface area contributed by atoms with Crippen molar-refractivity contribution in [2.75, 3.05) is 26.4 Å². The number of nitrogens with one attached hydrogen (secondary N) is 3. The highest BCUT2D eigenvalue weighted by atomic mass is 32.2. The Morgan fingerprint density at radius 1 is 1.21 bits per heavy atom. The Balaban J connectivity index is 2.55. The molecule has 160 valence electrons. The van der Waals surface area contributed by atoms with Gasteiger partial charge in [-0.2, -0.15) is 13.2 Å². The number of hydrogen-bond donors (Lipinski definition) is 3. The number of aliphatic imine (C=N–C) groups is 1. The van der Waals surface area contributed by atoms with E-state index in [0.717, 1.165) is 12.3 Å². The highest BCUT2D eigenvalue weighted by Crippen LogP contribution is 2.31. The topological polar surface area (TPSA) is 82.6 Å². The Morgan fingerprint density at radius 3 is 2.39 bits per heavy atom. The van der Waals surface area contributed by atoms with Crippen LogP contribution < -0.4 is 15.4 Å². The Bertz CT molecular complexity index is 777. The number of nitrogens with zero attached hydrogens (tertiary/aromatic N) is 1. The summed E-state index contributed by atoms with van der Waals surface area (Å²) in [5, 5.41) is 6.13. The van der Waals surface area contributed by atoms with Gasteiger partial charge in [0.1, 0.15) is 0 Å². The lowest BCUT2D eigenvalue weighted by molar-refractivity contribution is -0.137. The average Bonchev–Trinajstić information content (AvgIpc) is 2.55. The molecule has 0 fully saturated rings. The molecule has 0 aliphatic heterocycles. The SMILES string of the molecule is CN=C(NCCC(C)c1cccc(C(F)(F)F)c1)NCC(C)(C)NS(C)(=O)=O. The van der Waals surface area contributed by atoms with E-state index >= 15 is 0 Å². The molecule has 0 bridgehead atoms. The molecule has 1 atom stereocenters. The highest BCUT2D eigenvalue weighted by Gasteiger charge is 2.30. The molecular formula is C18H29F3N4O2S. The largest absolute Gasteiger partial charge is 0.416 e. The number of sulfonamides is 1. The lowest BCUT2D eigenvalue weighted by Gasteiger charge is -2.26. The summed E-state index contributed by atoms with van der Waals surface area (Å²) in [6.45, 7) is 6.15. The van der Waals surface area contributed by atoms with Crippen molar-refractivity contribution in [3.05, 3.63) is 35.4 Å². The zero-order valence-corrected chi connectivity index (χ0v) is 17.6. The number of alkyl halides is 3. The molecule has 1 rings (SSSR count). The number of benzene rings is 1. The first-order valence-electron chi connectivity index (χ1n) is 8.84. The second-order valence-corrected chi connectivity index (χ2v) is 9.17. The minimum absolute atomic E-state index is 0.0729. The van der Waals surface area contributed by atoms with Crippen molar-refractivity contribution in [3.8, 4) is 0 Å². The van der Waals surface area contributed by atoms with Crippen LogP contribution in [-0.4, -0.2) is 46.3 Å². The lowest BCUT2D eigenvalue weighted by Crippen LogP contribution is -2.53. The number of hydrogen-bond acceptors (Lipinski definition) is 3. The molecule has 0 aliphatic carbocycles. The van der Waals surface area contributed by atoms with Gasteiger partial charge >= 0.3 is 6.18 Å². The zero-order chi connectivity index (χ0) is 21.6. The molecule has 1 aromatic rings. The van der Waals surface area contributed by atoms with Gasteiger partial charge in [0.2, 0.25) is 10.0 Å². The Kier molecular flexibility index (Phi) is 8.30. The molecule has 1 aromatic carbocycles. The molecule has 0 saturated carbocycles. The molecule has 0 spiro atoms. The minimum atomic E-state index is -4.35. The van der Waals surface area contributed by atoms with Crippen LogP contribution >= 0.6 is 0 Å². The van der Waals surface area contributed by atoms with Gasteiger partial charge in [-0.3, -0.25) is 4.99 Å². The van der Waals surface area contributed by atoms with Gasteiger partial charge in [-0.15, -0.1) is 0 Å². The van der Waals surface area contributed by atoms with E-state index in [1.807, 2.05) is 6.92 Å². The molecule has 6 nitrogen and oxygen atoms in total. The van der Waals surface area contributed by atoms with E-state index in [9.17, 15) is 21.6 Å². The summed E-state index contributed by atoms with van der Waals surface area (Å²) in [6.07, 6.45) is -2.66. The van der Waals surface area contributed by atoms with E-state index in [-0.39, 0.29) is 5.92 Å². The van der Waals surface area contributed by atoms with Crippen molar-refractivity contribution < 1.29 is 21.6 Å². The number of halogens is 3. The fourth-order valence-corrected chi connectivity index (χ4v) is 3.73. The molecule has 0 saturated heterocycles. The molecule has 3 N–H and O–H groups in total. The molecule has 0 heterocycles. The summed E-state index contributed by atoms with van der Waals surface area (Å²) >= 11 is 0. The van der Waals surface area contributed by atoms with Crippen molar-refractivity contribution in [2.24, 2.45) is 4.99 Å². The first-order valence-corrected chi connectivity index (χ1v) is 10.7. The van der Waals surface area contributed by atoms with Crippen LogP contribution in [0.25, 0.3) is 0 Å². The van der Waals surface area contributed by atoms with Crippen molar-refractivity contribution in [1.82, 2.24) is 15.4 Å². The molecule has 10 heteroatoms. The number of guanidine groups is 1. The first kappa shape index (κ1) is 24.2. The second-order valence-electron chi connectivity index (χ2n) is 7.42. The number of rotatable bonds is 8. The van der Waals surface area contributed by atoms with E-state index in [4.69, 9.17) is 0 Å². The van der Waals surface area contributed by atoms with Gasteiger partial charge in [0.25, 0.3) is 0 Å². The zero-order valence-electron chi connectivity index (χ0n) is 16.8. The Hall–Kier alpha value is -1.81. The molecule has 28 heavy (non-hydrogen) atoms. The van der Waals surface area contributed by atoms with E-state index in [1.54, 1.807) is 27.0 Å². The maximum Gasteiger partial charge on any atom is 0.416 e. The van der Waals surface area contributed by atoms with Crippen LogP contribution in [0.2, 0.25) is 0 Å². The van der Waals surface area contributed by atoms with Crippen LogP contribution in [0, 0.1) is 0 Å². The first-order chi connectivity index (χ1) is 12.7. The van der Waals surface area contributed by atoms with Crippen LogP contribution in [0.3, 0.4) is 0 Å². The third-order valence-electron chi connectivity index (χ3n) is 4.04. The summed E-state index contributed by atoms with van der Waals surface area (Å²) in [7, 11) is -1.75. The monoisotopic (exact) mass is 422 g/mol. The predicted octanol–water partition coefficient (Wildman–Crippen LogP) is 2.69. The third-order valence-corrected chi connectivity index (χ3v) is 4.96. The predicted molar refractivity (Wildman–Crippen MR) is 106 cm³/mol. The van der Waals surface area contributed by atoms with Crippen molar-refractivity contribution in [3.63, 3.8) is 0 Å². The Morgan fingerprint density at radius 2 is 1.86 bits per heavy atom. The van der Waals surface area contributed by atoms with Crippen LogP contribution in [0.15, 0.2) is 29.3 Å². The molecule has 0 amide bonds. The van der Waals surface area contributed by atoms with Gasteiger partial charge in [-0.25, -0.2) is 13.1 Å². The van der Waals surface area contributed by atoms with E-state index in [1.165, 1.54) is 12.1 Å². The highest BCUT2D eigenvalue weighted by molar-refractivity contribution is 7.88. The molecular weight excluding hydrogens is 393 g/mol. The van der Waals surface area contributed by atoms with Crippen molar-refractivity contribution in [2.45, 2.75) is 44.8 Å². The maximum absolute atomic E-state index is 12.8. The van der Waals surface area contributed by atoms with Crippen LogP contribution in [-0.2, 0) is 16.2 Å². The smallest absolute Gasteiger partial charge is 0.356 e. The summed E-state index contributed by atoms with van der Waals surface area (Å²) < 4.78 is 63.8. The molecule has 0 aromatic heterocycles. The summed E-state index contributed by atoms with van der Waals surface area (Å²) in [4.78, 5) is 4.07. The van der Waals surface area contributed by atoms with Gasteiger partial charge in [-0.05, 0) is 37.8 Å². The standard InChI is InChI=1S/C18H29F3N4O2S/c1-13(14-7-6-8-15(11-14)18(19,20)21)9-10-23-16(22-4)24-12-17(2,3)25-28(5,26)27/h6-8,11,13,25H,9-10,12H2,1-5H3,(H2,22,23,24).